The molecule has 0 saturated carbocycles. The van der Waals surface area contributed by atoms with Crippen LogP contribution < -0.4 is 10.0 Å². The van der Waals surface area contributed by atoms with Crippen molar-refractivity contribution in [1.29, 1.82) is 0 Å². The normalized spacial score (nSPS) is 19.6. The molecule has 7 nitrogen and oxygen atoms in total. The number of fused-ring (bicyclic) bond motifs is 2. The van der Waals surface area contributed by atoms with Gasteiger partial charge in [-0.25, -0.2) is 9.00 Å². The third-order valence-electron chi connectivity index (χ3n) is 6.24. The minimum absolute atomic E-state index is 0.262. The van der Waals surface area contributed by atoms with Gasteiger partial charge in [0.25, 0.3) is 0 Å². The van der Waals surface area contributed by atoms with Crippen molar-refractivity contribution in [3.05, 3.63) is 40.6 Å². The summed E-state index contributed by atoms with van der Waals surface area (Å²) in [5.74, 6) is 0. The molecule has 8 heteroatoms. The molecular weight excluding hydrogens is 388 g/mol. The number of carbonyl (C=O) groups excluding carboxylic acids is 1. The van der Waals surface area contributed by atoms with E-state index in [9.17, 15) is 9.00 Å². The maximum absolute atomic E-state index is 12.6. The molecule has 0 radical (unpaired) electrons. The molecule has 5 rings (SSSR count). The molecule has 2 aliphatic carbocycles. The molecule has 2 amide bonds. The van der Waals surface area contributed by atoms with Gasteiger partial charge in [-0.1, -0.05) is 6.07 Å². The second kappa shape index (κ2) is 7.91. The Bertz CT molecular complexity index is 933. The number of carbonyl (C=O) groups is 1. The maximum atomic E-state index is 12.6. The molecule has 2 heterocycles. The summed E-state index contributed by atoms with van der Waals surface area (Å²) >= 11 is 0. The maximum Gasteiger partial charge on any atom is 0.331 e. The topological polar surface area (TPSA) is 85.2 Å². The van der Waals surface area contributed by atoms with Crippen molar-refractivity contribution in [3.63, 3.8) is 0 Å². The highest BCUT2D eigenvalue weighted by Gasteiger charge is 2.25. The minimum Gasteiger partial charge on any atom is -0.381 e. The number of urea groups is 1. The second-order valence-electron chi connectivity index (χ2n) is 8.04. The summed E-state index contributed by atoms with van der Waals surface area (Å²) in [7, 11) is -1.69. The van der Waals surface area contributed by atoms with E-state index in [0.29, 0.717) is 5.03 Å². The fraction of sp³-hybridized carbons (Fsp3) is 0.524. The molecule has 3 aliphatic rings. The lowest BCUT2D eigenvalue weighted by atomic mass is 9.99. The van der Waals surface area contributed by atoms with Gasteiger partial charge in [0.15, 0.2) is 16.0 Å². The van der Waals surface area contributed by atoms with E-state index in [4.69, 9.17) is 4.74 Å². The van der Waals surface area contributed by atoms with Crippen LogP contribution in [-0.4, -0.2) is 33.2 Å². The van der Waals surface area contributed by atoms with Crippen molar-refractivity contribution in [2.45, 2.75) is 62.4 Å². The van der Waals surface area contributed by atoms with E-state index >= 15 is 0 Å². The van der Waals surface area contributed by atoms with Crippen LogP contribution in [0.1, 0.15) is 54.0 Å². The molecule has 29 heavy (non-hydrogen) atoms. The number of benzene rings is 1. The Morgan fingerprint density at radius 2 is 1.79 bits per heavy atom. The highest BCUT2D eigenvalue weighted by atomic mass is 32.2. The van der Waals surface area contributed by atoms with Crippen LogP contribution in [0.5, 0.6) is 0 Å². The Morgan fingerprint density at radius 3 is 2.48 bits per heavy atom. The first-order valence-electron chi connectivity index (χ1n) is 10.5. The van der Waals surface area contributed by atoms with E-state index in [2.05, 4.69) is 21.2 Å². The molecule has 1 atom stereocenters. The van der Waals surface area contributed by atoms with Gasteiger partial charge in [-0.3, -0.25) is 9.40 Å². The van der Waals surface area contributed by atoms with Gasteiger partial charge in [-0.05, 0) is 79.7 Å². The SMILES string of the molecule is O=C(Nc1c2c(cc3c1CCC3)CCC2)NS(=O)c1ccn(C2CCOCC2)n1. The van der Waals surface area contributed by atoms with Crippen molar-refractivity contribution in [2.75, 3.05) is 18.5 Å². The van der Waals surface area contributed by atoms with E-state index in [0.717, 1.165) is 70.3 Å². The molecule has 2 N–H and O–H groups in total. The van der Waals surface area contributed by atoms with E-state index < -0.39 is 17.0 Å². The van der Waals surface area contributed by atoms with Crippen molar-refractivity contribution >= 4 is 22.7 Å². The standard InChI is InChI=1S/C21H26N4O3S/c26-21(22-20-17-5-1-3-14(17)13-15-4-2-6-18(15)20)24-29(27)19-7-10-25(23-19)16-8-11-28-12-9-16/h7,10,13,16H,1-6,8-9,11-12H2,(H2,22,24,26). The van der Waals surface area contributed by atoms with Gasteiger partial charge in [0.05, 0.1) is 6.04 Å². The Balaban J connectivity index is 1.28. The van der Waals surface area contributed by atoms with E-state index in [1.165, 1.54) is 22.3 Å². The summed E-state index contributed by atoms with van der Waals surface area (Å²) < 4.78 is 22.4. The molecule has 1 unspecified atom stereocenters. The Morgan fingerprint density at radius 1 is 1.10 bits per heavy atom. The van der Waals surface area contributed by atoms with Crippen LogP contribution in [0.2, 0.25) is 0 Å². The number of hydrogen-bond donors (Lipinski definition) is 2. The van der Waals surface area contributed by atoms with E-state index in [1.54, 1.807) is 6.07 Å². The molecular formula is C21H26N4O3S. The monoisotopic (exact) mass is 414 g/mol. The van der Waals surface area contributed by atoms with E-state index in [1.807, 2.05) is 10.9 Å². The first-order chi connectivity index (χ1) is 14.2. The van der Waals surface area contributed by atoms with Crippen molar-refractivity contribution < 1.29 is 13.7 Å². The van der Waals surface area contributed by atoms with Gasteiger partial charge in [-0.15, -0.1) is 0 Å². The van der Waals surface area contributed by atoms with Crippen molar-refractivity contribution in [3.8, 4) is 0 Å². The smallest absolute Gasteiger partial charge is 0.331 e. The average Bonchev–Trinajstić information content (AvgIpc) is 3.48. The molecule has 2 aromatic rings. The number of nitrogens with zero attached hydrogens (tertiary/aromatic N) is 2. The molecule has 1 saturated heterocycles. The Hall–Kier alpha value is -2.19. The average molecular weight is 415 g/mol. The number of aromatic nitrogens is 2. The first-order valence-corrected chi connectivity index (χ1v) is 11.6. The molecule has 1 aromatic carbocycles. The minimum atomic E-state index is -1.69. The third-order valence-corrected chi connectivity index (χ3v) is 7.20. The number of amides is 2. The second-order valence-corrected chi connectivity index (χ2v) is 9.20. The van der Waals surface area contributed by atoms with Crippen LogP contribution in [0, 0.1) is 0 Å². The number of rotatable bonds is 4. The zero-order valence-electron chi connectivity index (χ0n) is 16.4. The van der Waals surface area contributed by atoms with Crippen molar-refractivity contribution in [1.82, 2.24) is 14.5 Å². The van der Waals surface area contributed by atoms with Crippen LogP contribution >= 0.6 is 0 Å². The van der Waals surface area contributed by atoms with Crippen LogP contribution in [0.3, 0.4) is 0 Å². The van der Waals surface area contributed by atoms with Gasteiger partial charge in [0.1, 0.15) is 0 Å². The van der Waals surface area contributed by atoms with E-state index in [-0.39, 0.29) is 6.04 Å². The Kier molecular flexibility index (Phi) is 5.13. The summed E-state index contributed by atoms with van der Waals surface area (Å²) in [6.45, 7) is 1.44. The summed E-state index contributed by atoms with van der Waals surface area (Å²) in [6, 6.07) is 3.87. The summed E-state index contributed by atoms with van der Waals surface area (Å²) in [5, 5.41) is 7.82. The highest BCUT2D eigenvalue weighted by molar-refractivity contribution is 7.83. The van der Waals surface area contributed by atoms with Gasteiger partial charge < -0.3 is 10.1 Å². The molecule has 1 aliphatic heterocycles. The molecule has 154 valence electrons. The summed E-state index contributed by atoms with van der Waals surface area (Å²) in [4.78, 5) is 12.6. The number of aryl methyl sites for hydroxylation is 2. The Labute approximate surface area is 172 Å². The van der Waals surface area contributed by atoms with Crippen LogP contribution in [0.15, 0.2) is 23.4 Å². The van der Waals surface area contributed by atoms with Crippen molar-refractivity contribution in [2.24, 2.45) is 0 Å². The lowest BCUT2D eigenvalue weighted by Crippen LogP contribution is -2.31. The lowest BCUT2D eigenvalue weighted by Gasteiger charge is -2.22. The largest absolute Gasteiger partial charge is 0.381 e. The zero-order valence-corrected chi connectivity index (χ0v) is 17.2. The van der Waals surface area contributed by atoms with Crippen LogP contribution in [-0.2, 0) is 41.4 Å². The lowest BCUT2D eigenvalue weighted by molar-refractivity contribution is 0.0659. The van der Waals surface area contributed by atoms with Gasteiger partial charge in [0, 0.05) is 25.1 Å². The quantitative estimate of drug-likeness (QED) is 0.805. The predicted molar refractivity (Wildman–Crippen MR) is 110 cm³/mol. The van der Waals surface area contributed by atoms with Gasteiger partial charge in [0.2, 0.25) is 0 Å². The van der Waals surface area contributed by atoms with Crippen LogP contribution in [0.4, 0.5) is 10.5 Å². The van der Waals surface area contributed by atoms with Gasteiger partial charge >= 0.3 is 6.03 Å². The molecule has 0 spiro atoms. The molecule has 0 bridgehead atoms. The molecule has 1 fully saturated rings. The van der Waals surface area contributed by atoms with Gasteiger partial charge in [-0.2, -0.15) is 5.10 Å². The molecule has 1 aromatic heterocycles. The fourth-order valence-electron chi connectivity index (χ4n) is 4.82. The zero-order chi connectivity index (χ0) is 19.8. The van der Waals surface area contributed by atoms with Crippen LogP contribution in [0.25, 0.3) is 0 Å². The number of anilines is 1. The third kappa shape index (κ3) is 3.71. The number of nitrogens with one attached hydrogen (secondary N) is 2. The fourth-order valence-corrected chi connectivity index (χ4v) is 5.49. The first kappa shape index (κ1) is 18.8. The number of hydrogen-bond acceptors (Lipinski definition) is 4. The highest BCUT2D eigenvalue weighted by Crippen LogP contribution is 2.38. The predicted octanol–water partition coefficient (Wildman–Crippen LogP) is 3.06. The summed E-state index contributed by atoms with van der Waals surface area (Å²) in [5.41, 5.74) is 6.19. The number of ether oxygens (including phenoxy) is 1. The summed E-state index contributed by atoms with van der Waals surface area (Å²) in [6.07, 6.45) is 10.0.